The van der Waals surface area contributed by atoms with Gasteiger partial charge >= 0.3 is 5.97 Å². The molecule has 26 heavy (non-hydrogen) atoms. The Balaban J connectivity index is 1.92. The molecule has 142 valence electrons. The molecule has 1 amide bonds. The fourth-order valence-electron chi connectivity index (χ4n) is 4.26. The number of halogens is 1. The SMILES string of the molecule is CC(C)(C)C1CCC2(CC1)OC[C@@H](C(=O)O)N2C(=O)c1ccccc1Cl. The molecule has 1 heterocycles. The van der Waals surface area contributed by atoms with Crippen LogP contribution in [0.15, 0.2) is 24.3 Å². The summed E-state index contributed by atoms with van der Waals surface area (Å²) in [4.78, 5) is 26.4. The molecule has 0 bridgehead atoms. The van der Waals surface area contributed by atoms with Crippen LogP contribution < -0.4 is 0 Å². The van der Waals surface area contributed by atoms with Crippen molar-refractivity contribution in [2.45, 2.75) is 58.2 Å². The highest BCUT2D eigenvalue weighted by molar-refractivity contribution is 6.33. The first-order chi connectivity index (χ1) is 12.2. The lowest BCUT2D eigenvalue weighted by Crippen LogP contribution is -2.55. The Morgan fingerprint density at radius 2 is 1.85 bits per heavy atom. The predicted octanol–water partition coefficient (Wildman–Crippen LogP) is 4.20. The van der Waals surface area contributed by atoms with Gasteiger partial charge in [-0.2, -0.15) is 0 Å². The monoisotopic (exact) mass is 379 g/mol. The molecule has 1 aromatic carbocycles. The first kappa shape index (κ1) is 19.2. The van der Waals surface area contributed by atoms with Crippen LogP contribution >= 0.6 is 11.6 Å². The summed E-state index contributed by atoms with van der Waals surface area (Å²) in [5.41, 5.74) is -0.339. The Hall–Kier alpha value is -1.59. The second-order valence-corrected chi connectivity index (χ2v) is 8.81. The third kappa shape index (κ3) is 3.35. The number of aliphatic carboxylic acids is 1. The van der Waals surface area contributed by atoms with Gasteiger partial charge in [-0.3, -0.25) is 9.69 Å². The van der Waals surface area contributed by atoms with Crippen LogP contribution in [0.1, 0.15) is 56.8 Å². The van der Waals surface area contributed by atoms with Gasteiger partial charge in [0.05, 0.1) is 17.2 Å². The third-order valence-corrected chi connectivity index (χ3v) is 6.19. The maximum Gasteiger partial charge on any atom is 0.328 e. The molecule has 1 spiro atoms. The standard InChI is InChI=1S/C20H26ClNO4/c1-19(2,3)13-8-10-20(11-9-13)22(16(12-26-20)18(24)25)17(23)14-6-4-5-7-15(14)21/h4-7,13,16H,8-12H2,1-3H3,(H,24,25)/t13?,16-,20?/m0/s1. The predicted molar refractivity (Wildman–Crippen MR) is 99.1 cm³/mol. The highest BCUT2D eigenvalue weighted by atomic mass is 35.5. The van der Waals surface area contributed by atoms with E-state index in [-0.39, 0.29) is 17.9 Å². The number of carbonyl (C=O) groups is 2. The van der Waals surface area contributed by atoms with E-state index >= 15 is 0 Å². The number of carboxylic acids is 1. The Labute approximate surface area is 159 Å². The maximum atomic E-state index is 13.2. The highest BCUT2D eigenvalue weighted by Crippen LogP contribution is 2.47. The van der Waals surface area contributed by atoms with Crippen LogP contribution in [-0.2, 0) is 9.53 Å². The number of hydrogen-bond donors (Lipinski definition) is 1. The molecule has 6 heteroatoms. The molecule has 2 aliphatic rings. The van der Waals surface area contributed by atoms with E-state index in [0.717, 1.165) is 12.8 Å². The third-order valence-electron chi connectivity index (χ3n) is 5.86. The van der Waals surface area contributed by atoms with Crippen molar-refractivity contribution in [3.63, 3.8) is 0 Å². The Morgan fingerprint density at radius 3 is 2.38 bits per heavy atom. The van der Waals surface area contributed by atoms with Gasteiger partial charge in [0.2, 0.25) is 0 Å². The fourth-order valence-corrected chi connectivity index (χ4v) is 4.47. The van der Waals surface area contributed by atoms with Gasteiger partial charge < -0.3 is 9.84 Å². The molecule has 1 aliphatic carbocycles. The number of benzene rings is 1. The number of nitrogens with zero attached hydrogens (tertiary/aromatic N) is 1. The summed E-state index contributed by atoms with van der Waals surface area (Å²) >= 11 is 6.20. The lowest BCUT2D eigenvalue weighted by Gasteiger charge is -2.46. The summed E-state index contributed by atoms with van der Waals surface area (Å²) in [6.45, 7) is 6.68. The molecule has 3 rings (SSSR count). The van der Waals surface area contributed by atoms with E-state index in [1.807, 2.05) is 0 Å². The minimum Gasteiger partial charge on any atom is -0.480 e. The van der Waals surface area contributed by atoms with Crippen LogP contribution in [0.2, 0.25) is 5.02 Å². The minimum absolute atomic E-state index is 0.0196. The van der Waals surface area contributed by atoms with E-state index in [2.05, 4.69) is 20.8 Å². The average Bonchev–Trinajstić information content (AvgIpc) is 2.93. The zero-order chi connectivity index (χ0) is 19.1. The van der Waals surface area contributed by atoms with Gasteiger partial charge in [-0.1, -0.05) is 44.5 Å². The molecule has 1 N–H and O–H groups in total. The van der Waals surface area contributed by atoms with E-state index in [1.54, 1.807) is 24.3 Å². The van der Waals surface area contributed by atoms with E-state index in [9.17, 15) is 14.7 Å². The molecule has 1 saturated heterocycles. The van der Waals surface area contributed by atoms with Gasteiger partial charge in [-0.25, -0.2) is 4.79 Å². The Kier molecular flexibility index (Phi) is 5.06. The van der Waals surface area contributed by atoms with E-state index in [0.29, 0.717) is 29.3 Å². The van der Waals surface area contributed by atoms with Crippen molar-refractivity contribution in [1.29, 1.82) is 0 Å². The van der Waals surface area contributed by atoms with E-state index in [4.69, 9.17) is 16.3 Å². The number of carbonyl (C=O) groups excluding carboxylic acids is 1. The van der Waals surface area contributed by atoms with Crippen LogP contribution in [0.5, 0.6) is 0 Å². The molecule has 1 atom stereocenters. The Morgan fingerprint density at radius 1 is 1.23 bits per heavy atom. The van der Waals surface area contributed by atoms with Crippen molar-refractivity contribution in [1.82, 2.24) is 4.90 Å². The summed E-state index contributed by atoms with van der Waals surface area (Å²) < 4.78 is 5.99. The molecule has 1 aliphatic heterocycles. The van der Waals surface area contributed by atoms with Gasteiger partial charge in [0.1, 0.15) is 5.72 Å². The summed E-state index contributed by atoms with van der Waals surface area (Å²) in [5.74, 6) is -0.882. The van der Waals surface area contributed by atoms with Crippen LogP contribution in [0.25, 0.3) is 0 Å². The molecule has 0 radical (unpaired) electrons. The van der Waals surface area contributed by atoms with Crippen LogP contribution in [0.4, 0.5) is 0 Å². The second kappa shape index (κ2) is 6.86. The second-order valence-electron chi connectivity index (χ2n) is 8.41. The van der Waals surface area contributed by atoms with Crippen molar-refractivity contribution in [3.05, 3.63) is 34.9 Å². The summed E-state index contributed by atoms with van der Waals surface area (Å²) in [5, 5.41) is 9.96. The zero-order valence-corrected chi connectivity index (χ0v) is 16.3. The first-order valence-corrected chi connectivity index (χ1v) is 9.48. The summed E-state index contributed by atoms with van der Waals surface area (Å²) in [6.07, 6.45) is 3.11. The molecule has 5 nitrogen and oxygen atoms in total. The summed E-state index contributed by atoms with van der Waals surface area (Å²) in [7, 11) is 0. The largest absolute Gasteiger partial charge is 0.480 e. The summed E-state index contributed by atoms with van der Waals surface area (Å²) in [6, 6.07) is 5.78. The fraction of sp³-hybridized carbons (Fsp3) is 0.600. The molecular formula is C20H26ClNO4. The quantitative estimate of drug-likeness (QED) is 0.836. The van der Waals surface area contributed by atoms with Crippen molar-refractivity contribution in [2.24, 2.45) is 11.3 Å². The van der Waals surface area contributed by atoms with E-state index < -0.39 is 17.7 Å². The zero-order valence-electron chi connectivity index (χ0n) is 15.5. The number of ether oxygens (including phenoxy) is 1. The van der Waals surface area contributed by atoms with Gasteiger partial charge in [-0.05, 0) is 49.1 Å². The minimum atomic E-state index is -1.04. The topological polar surface area (TPSA) is 66.8 Å². The van der Waals surface area contributed by atoms with Gasteiger partial charge in [0, 0.05) is 0 Å². The number of hydrogen-bond acceptors (Lipinski definition) is 3. The number of amides is 1. The molecule has 2 fully saturated rings. The lowest BCUT2D eigenvalue weighted by atomic mass is 9.70. The van der Waals surface area contributed by atoms with Crippen molar-refractivity contribution < 1.29 is 19.4 Å². The normalized spacial score (nSPS) is 29.2. The molecule has 1 aromatic rings. The van der Waals surface area contributed by atoms with Gasteiger partial charge in [0.25, 0.3) is 5.91 Å². The average molecular weight is 380 g/mol. The van der Waals surface area contributed by atoms with Crippen molar-refractivity contribution >= 4 is 23.5 Å². The van der Waals surface area contributed by atoms with Crippen molar-refractivity contribution in [3.8, 4) is 0 Å². The maximum absolute atomic E-state index is 13.2. The smallest absolute Gasteiger partial charge is 0.328 e. The van der Waals surface area contributed by atoms with Crippen LogP contribution in [-0.4, -0.2) is 40.3 Å². The van der Waals surface area contributed by atoms with Gasteiger partial charge in [-0.15, -0.1) is 0 Å². The lowest BCUT2D eigenvalue weighted by molar-refractivity contribution is -0.144. The molecule has 0 unspecified atom stereocenters. The number of carboxylic acid groups (broad SMARTS) is 1. The van der Waals surface area contributed by atoms with Crippen LogP contribution in [0, 0.1) is 11.3 Å². The van der Waals surface area contributed by atoms with Crippen molar-refractivity contribution in [2.75, 3.05) is 6.61 Å². The highest BCUT2D eigenvalue weighted by Gasteiger charge is 2.55. The molecular weight excluding hydrogens is 354 g/mol. The van der Waals surface area contributed by atoms with Gasteiger partial charge in [0.15, 0.2) is 6.04 Å². The Bertz CT molecular complexity index is 704. The van der Waals surface area contributed by atoms with Crippen LogP contribution in [0.3, 0.4) is 0 Å². The number of rotatable bonds is 2. The molecule has 1 saturated carbocycles. The van der Waals surface area contributed by atoms with E-state index in [1.165, 1.54) is 4.90 Å². The first-order valence-electron chi connectivity index (χ1n) is 9.11. The molecule has 0 aromatic heterocycles.